The van der Waals surface area contributed by atoms with Crippen LogP contribution in [0.2, 0.25) is 0 Å². The second-order valence-electron chi connectivity index (χ2n) is 5.61. The molecule has 0 aliphatic rings. The number of hydrogen-bond acceptors (Lipinski definition) is 4. The Morgan fingerprint density at radius 2 is 1.56 bits per heavy atom. The van der Waals surface area contributed by atoms with Gasteiger partial charge in [-0.1, -0.05) is 48.5 Å². The topological polar surface area (TPSA) is 142 Å². The summed E-state index contributed by atoms with van der Waals surface area (Å²) in [5, 5.41) is 18.6. The Balaban J connectivity index is 1.96. The van der Waals surface area contributed by atoms with Gasteiger partial charge in [0.25, 0.3) is 0 Å². The second-order valence-corrected chi connectivity index (χ2v) is 5.61. The Hall–Kier alpha value is -3.19. The molecule has 7 heteroatoms. The van der Waals surface area contributed by atoms with Crippen LogP contribution in [0.5, 0.6) is 0 Å². The molecule has 0 fully saturated rings. The van der Waals surface area contributed by atoms with Crippen molar-refractivity contribution in [2.75, 3.05) is 6.54 Å². The van der Waals surface area contributed by atoms with Crippen LogP contribution in [0, 0.1) is 5.41 Å². The number of carbonyl (C=O) groups excluding carboxylic acids is 1. The predicted octanol–water partition coefficient (Wildman–Crippen LogP) is 0.708. The summed E-state index contributed by atoms with van der Waals surface area (Å²) in [7, 11) is 0. The van der Waals surface area contributed by atoms with E-state index in [1.807, 2.05) is 36.4 Å². The minimum Gasteiger partial charge on any atom is -0.480 e. The maximum Gasteiger partial charge on any atom is 0.322 e. The number of benzene rings is 2. The molecule has 0 aliphatic heterocycles. The third-order valence-electron chi connectivity index (χ3n) is 3.68. The number of nitrogens with one attached hydrogen (secondary N) is 2. The van der Waals surface area contributed by atoms with Crippen LogP contribution in [-0.2, 0) is 16.0 Å². The van der Waals surface area contributed by atoms with Crippen molar-refractivity contribution in [1.82, 2.24) is 5.32 Å². The molecule has 7 nitrogen and oxygen atoms in total. The zero-order valence-corrected chi connectivity index (χ0v) is 13.5. The van der Waals surface area contributed by atoms with E-state index in [1.54, 1.807) is 12.1 Å². The molecule has 1 atom stereocenters. The third kappa shape index (κ3) is 5.15. The van der Waals surface area contributed by atoms with Crippen molar-refractivity contribution < 1.29 is 14.7 Å². The van der Waals surface area contributed by atoms with Gasteiger partial charge in [-0.15, -0.1) is 0 Å². The minimum absolute atomic E-state index is 0.0236. The van der Waals surface area contributed by atoms with Gasteiger partial charge in [-0.3, -0.25) is 15.0 Å². The summed E-state index contributed by atoms with van der Waals surface area (Å²) < 4.78 is 0. The van der Waals surface area contributed by atoms with Crippen LogP contribution in [0.15, 0.2) is 48.5 Å². The van der Waals surface area contributed by atoms with E-state index in [-0.39, 0.29) is 24.7 Å². The molecular formula is C18H20N4O3. The quantitative estimate of drug-likeness (QED) is 0.373. The van der Waals surface area contributed by atoms with Crippen LogP contribution >= 0.6 is 0 Å². The first kappa shape index (κ1) is 18.2. The summed E-state index contributed by atoms with van der Waals surface area (Å²) in [5.41, 5.74) is 14.2. The molecule has 0 aromatic heterocycles. The van der Waals surface area contributed by atoms with E-state index in [0.717, 1.165) is 16.7 Å². The summed E-state index contributed by atoms with van der Waals surface area (Å²) in [6.45, 7) is -0.102. The smallest absolute Gasteiger partial charge is 0.322 e. The highest BCUT2D eigenvalue weighted by Gasteiger charge is 2.12. The summed E-state index contributed by atoms with van der Waals surface area (Å²) in [4.78, 5) is 22.4. The van der Waals surface area contributed by atoms with Gasteiger partial charge in [-0.05, 0) is 16.7 Å². The lowest BCUT2D eigenvalue weighted by atomic mass is 10.0. The fraction of sp³-hybridized carbons (Fsp3) is 0.167. The van der Waals surface area contributed by atoms with Crippen LogP contribution in [0.1, 0.15) is 11.1 Å². The Morgan fingerprint density at radius 3 is 2.04 bits per heavy atom. The van der Waals surface area contributed by atoms with Gasteiger partial charge in [-0.2, -0.15) is 0 Å². The zero-order valence-electron chi connectivity index (χ0n) is 13.5. The van der Waals surface area contributed by atoms with Gasteiger partial charge in [-0.25, -0.2) is 0 Å². The number of carboxylic acid groups (broad SMARTS) is 1. The average molecular weight is 340 g/mol. The highest BCUT2D eigenvalue weighted by atomic mass is 16.4. The number of nitrogen functional groups attached to an aromatic ring is 1. The fourth-order valence-electron chi connectivity index (χ4n) is 2.22. The highest BCUT2D eigenvalue weighted by Crippen LogP contribution is 2.20. The van der Waals surface area contributed by atoms with Gasteiger partial charge >= 0.3 is 5.97 Å². The van der Waals surface area contributed by atoms with Gasteiger partial charge in [0.1, 0.15) is 11.9 Å². The fourth-order valence-corrected chi connectivity index (χ4v) is 2.22. The predicted molar refractivity (Wildman–Crippen MR) is 95.2 cm³/mol. The van der Waals surface area contributed by atoms with Crippen molar-refractivity contribution in [2.24, 2.45) is 11.5 Å². The van der Waals surface area contributed by atoms with E-state index >= 15 is 0 Å². The summed E-state index contributed by atoms with van der Waals surface area (Å²) in [6.07, 6.45) is 0.149. The number of nitrogens with two attached hydrogens (primary N) is 2. The molecule has 2 aromatic carbocycles. The minimum atomic E-state index is -1.15. The average Bonchev–Trinajstić information content (AvgIpc) is 2.60. The Kier molecular flexibility index (Phi) is 5.86. The van der Waals surface area contributed by atoms with Crippen LogP contribution in [0.25, 0.3) is 11.1 Å². The van der Waals surface area contributed by atoms with Crippen molar-refractivity contribution in [2.45, 2.75) is 12.5 Å². The molecule has 0 saturated carbocycles. The molecule has 0 aliphatic carbocycles. The first-order valence-corrected chi connectivity index (χ1v) is 7.65. The molecule has 2 aromatic rings. The zero-order chi connectivity index (χ0) is 18.4. The number of amidine groups is 1. The van der Waals surface area contributed by atoms with Crippen LogP contribution in [0.4, 0.5) is 0 Å². The number of aliphatic carboxylic acids is 1. The third-order valence-corrected chi connectivity index (χ3v) is 3.68. The van der Waals surface area contributed by atoms with Crippen molar-refractivity contribution in [3.05, 3.63) is 59.7 Å². The molecule has 0 heterocycles. The van der Waals surface area contributed by atoms with Crippen LogP contribution in [0.3, 0.4) is 0 Å². The molecule has 0 radical (unpaired) electrons. The van der Waals surface area contributed by atoms with Crippen LogP contribution in [-0.4, -0.2) is 35.4 Å². The first-order chi connectivity index (χ1) is 11.9. The summed E-state index contributed by atoms with van der Waals surface area (Å²) >= 11 is 0. The van der Waals surface area contributed by atoms with Crippen LogP contribution < -0.4 is 16.8 Å². The van der Waals surface area contributed by atoms with E-state index < -0.39 is 12.0 Å². The lowest BCUT2D eigenvalue weighted by Crippen LogP contribution is -2.42. The van der Waals surface area contributed by atoms with E-state index in [0.29, 0.717) is 5.56 Å². The number of hydrogen-bond donors (Lipinski definition) is 5. The highest BCUT2D eigenvalue weighted by molar-refractivity contribution is 5.95. The molecule has 2 rings (SSSR count). The van der Waals surface area contributed by atoms with Gasteiger partial charge in [0.15, 0.2) is 0 Å². The van der Waals surface area contributed by atoms with E-state index in [4.69, 9.17) is 22.0 Å². The Morgan fingerprint density at radius 1 is 1.04 bits per heavy atom. The molecule has 130 valence electrons. The van der Waals surface area contributed by atoms with Gasteiger partial charge in [0.2, 0.25) is 5.91 Å². The number of rotatable bonds is 7. The molecule has 0 bridgehead atoms. The molecule has 0 spiro atoms. The van der Waals surface area contributed by atoms with Crippen molar-refractivity contribution in [3.63, 3.8) is 0 Å². The van der Waals surface area contributed by atoms with Gasteiger partial charge in [0, 0.05) is 12.1 Å². The molecular weight excluding hydrogens is 320 g/mol. The standard InChI is InChI=1S/C18H20N4O3/c19-15(18(24)25)10-22-16(23)9-11-1-3-12(4-2-11)13-5-7-14(8-6-13)17(20)21/h1-8,15H,9-10,19H2,(H3,20,21)(H,22,23)(H,24,25). The lowest BCUT2D eigenvalue weighted by molar-refractivity contribution is -0.138. The molecule has 0 saturated heterocycles. The lowest BCUT2D eigenvalue weighted by Gasteiger charge is -2.09. The number of carboxylic acids is 1. The molecule has 1 unspecified atom stereocenters. The summed E-state index contributed by atoms with van der Waals surface area (Å²) in [6, 6.07) is 13.7. The molecule has 1 amide bonds. The van der Waals surface area contributed by atoms with E-state index in [9.17, 15) is 9.59 Å². The normalized spacial score (nSPS) is 11.6. The SMILES string of the molecule is N=C(N)c1ccc(-c2ccc(CC(=O)NCC(N)C(=O)O)cc2)cc1. The van der Waals surface area contributed by atoms with Crippen molar-refractivity contribution in [3.8, 4) is 11.1 Å². The number of amides is 1. The van der Waals surface area contributed by atoms with E-state index in [2.05, 4.69) is 5.32 Å². The Bertz CT molecular complexity index is 770. The second kappa shape index (κ2) is 8.07. The first-order valence-electron chi connectivity index (χ1n) is 7.65. The largest absolute Gasteiger partial charge is 0.480 e. The van der Waals surface area contributed by atoms with Crippen molar-refractivity contribution >= 4 is 17.7 Å². The monoisotopic (exact) mass is 340 g/mol. The number of carbonyl (C=O) groups is 2. The maximum absolute atomic E-state index is 11.8. The Labute approximate surface area is 145 Å². The van der Waals surface area contributed by atoms with Gasteiger partial charge < -0.3 is 21.9 Å². The maximum atomic E-state index is 11.8. The van der Waals surface area contributed by atoms with Crippen molar-refractivity contribution in [1.29, 1.82) is 5.41 Å². The van der Waals surface area contributed by atoms with Gasteiger partial charge in [0.05, 0.1) is 6.42 Å². The molecule has 7 N–H and O–H groups in total. The summed E-state index contributed by atoms with van der Waals surface area (Å²) in [5.74, 6) is -1.41. The van der Waals surface area contributed by atoms with E-state index in [1.165, 1.54) is 0 Å². The molecule has 25 heavy (non-hydrogen) atoms.